The quantitative estimate of drug-likeness (QED) is 0.409. The molecule has 0 aliphatic rings. The lowest BCUT2D eigenvalue weighted by molar-refractivity contribution is -0.384. The first-order valence-corrected chi connectivity index (χ1v) is 5.53. The van der Waals surface area contributed by atoms with Crippen molar-refractivity contribution >= 4 is 29.7 Å². The molecule has 4 N–H and O–H groups in total. The van der Waals surface area contributed by atoms with E-state index in [1.165, 1.54) is 6.07 Å². The molecule has 1 atom stereocenters. The summed E-state index contributed by atoms with van der Waals surface area (Å²) in [7, 11) is 0. The van der Waals surface area contributed by atoms with Gasteiger partial charge >= 0.3 is 0 Å². The lowest BCUT2D eigenvalue weighted by Crippen LogP contribution is -2.40. The minimum atomic E-state index is -0.559. The van der Waals surface area contributed by atoms with Gasteiger partial charge in [0, 0.05) is 19.2 Å². The van der Waals surface area contributed by atoms with Crippen LogP contribution in [-0.4, -0.2) is 30.0 Å². The monoisotopic (exact) mass is 288 g/mol. The molecule has 1 amide bonds. The number of anilines is 1. The van der Waals surface area contributed by atoms with Gasteiger partial charge in [0.25, 0.3) is 5.69 Å². The lowest BCUT2D eigenvalue weighted by atomic mass is 10.2. The molecule has 19 heavy (non-hydrogen) atoms. The predicted molar refractivity (Wildman–Crippen MR) is 75.5 cm³/mol. The van der Waals surface area contributed by atoms with E-state index in [1.54, 1.807) is 25.1 Å². The summed E-state index contributed by atoms with van der Waals surface area (Å²) in [6.07, 6.45) is 0. The Morgan fingerprint density at radius 1 is 1.42 bits per heavy atom. The zero-order valence-electron chi connectivity index (χ0n) is 10.5. The van der Waals surface area contributed by atoms with Crippen molar-refractivity contribution in [1.29, 1.82) is 0 Å². The molecule has 1 aromatic rings. The number of nitrogens with one attached hydrogen (secondary N) is 2. The predicted octanol–water partition coefficient (Wildman–Crippen LogP) is 0.892. The number of nitrogens with two attached hydrogens (primary N) is 1. The van der Waals surface area contributed by atoms with Crippen LogP contribution in [0, 0.1) is 10.1 Å². The normalized spacial score (nSPS) is 11.1. The Kier molecular flexibility index (Phi) is 7.47. The molecule has 0 heterocycles. The summed E-state index contributed by atoms with van der Waals surface area (Å²) >= 11 is 0. The molecule has 0 unspecified atom stereocenters. The van der Waals surface area contributed by atoms with E-state index in [-0.39, 0.29) is 24.0 Å². The van der Waals surface area contributed by atoms with Crippen molar-refractivity contribution in [3.63, 3.8) is 0 Å². The first-order chi connectivity index (χ1) is 8.52. The fourth-order valence-corrected chi connectivity index (χ4v) is 1.33. The smallest absolute Gasteiger partial charge is 0.292 e. The number of halogens is 1. The molecule has 0 fully saturated rings. The van der Waals surface area contributed by atoms with Crippen LogP contribution in [0.15, 0.2) is 24.3 Å². The number of nitro groups is 1. The molecule has 1 aromatic carbocycles. The van der Waals surface area contributed by atoms with E-state index in [4.69, 9.17) is 5.73 Å². The molecule has 0 aliphatic carbocycles. The minimum absolute atomic E-state index is 0. The number of nitro benzene ring substituents is 1. The van der Waals surface area contributed by atoms with E-state index in [0.29, 0.717) is 18.8 Å². The molecule has 0 saturated heterocycles. The Hall–Kier alpha value is -1.86. The van der Waals surface area contributed by atoms with Crippen LogP contribution in [0.1, 0.15) is 6.92 Å². The Bertz CT molecular complexity index is 440. The largest absolute Gasteiger partial charge is 0.378 e. The number of rotatable bonds is 6. The molecule has 106 valence electrons. The summed E-state index contributed by atoms with van der Waals surface area (Å²) in [5, 5.41) is 16.2. The van der Waals surface area contributed by atoms with Gasteiger partial charge in [0.1, 0.15) is 5.69 Å². The second-order valence-corrected chi connectivity index (χ2v) is 3.78. The van der Waals surface area contributed by atoms with Crippen molar-refractivity contribution in [3.8, 4) is 0 Å². The zero-order valence-corrected chi connectivity index (χ0v) is 11.3. The maximum absolute atomic E-state index is 11.2. The van der Waals surface area contributed by atoms with Crippen LogP contribution in [0.4, 0.5) is 11.4 Å². The highest BCUT2D eigenvalue weighted by atomic mass is 35.5. The van der Waals surface area contributed by atoms with Gasteiger partial charge in [-0.05, 0) is 13.0 Å². The lowest BCUT2D eigenvalue weighted by Gasteiger charge is -2.09. The molecule has 1 rings (SSSR count). The third kappa shape index (κ3) is 5.54. The van der Waals surface area contributed by atoms with E-state index in [1.807, 2.05) is 0 Å². The van der Waals surface area contributed by atoms with E-state index >= 15 is 0 Å². The van der Waals surface area contributed by atoms with Crippen molar-refractivity contribution in [2.24, 2.45) is 5.73 Å². The van der Waals surface area contributed by atoms with Crippen LogP contribution in [0.5, 0.6) is 0 Å². The standard InChI is InChI=1S/C11H16N4O3.ClH/c1-8(12)11(16)14-7-6-13-9-4-2-3-5-10(9)15(17)18;/h2-5,8,13H,6-7,12H2,1H3,(H,14,16);1H/t8-;/m1./s1. The van der Waals surface area contributed by atoms with Crippen molar-refractivity contribution < 1.29 is 9.72 Å². The average molecular weight is 289 g/mol. The van der Waals surface area contributed by atoms with Crippen molar-refractivity contribution in [3.05, 3.63) is 34.4 Å². The number of para-hydroxylation sites is 2. The number of carbonyl (C=O) groups is 1. The summed E-state index contributed by atoms with van der Waals surface area (Å²) in [6.45, 7) is 2.33. The molecule has 8 heteroatoms. The Morgan fingerprint density at radius 2 is 2.05 bits per heavy atom. The summed E-state index contributed by atoms with van der Waals surface area (Å²) in [4.78, 5) is 21.4. The summed E-state index contributed by atoms with van der Waals surface area (Å²) in [5.74, 6) is -0.251. The number of amides is 1. The van der Waals surface area contributed by atoms with Crippen LogP contribution in [-0.2, 0) is 4.79 Å². The fraction of sp³-hybridized carbons (Fsp3) is 0.364. The first kappa shape index (κ1) is 17.1. The van der Waals surface area contributed by atoms with Crippen molar-refractivity contribution in [1.82, 2.24) is 5.32 Å². The molecular formula is C11H17ClN4O3. The minimum Gasteiger partial charge on any atom is -0.378 e. The number of benzene rings is 1. The van der Waals surface area contributed by atoms with Crippen LogP contribution in [0.25, 0.3) is 0 Å². The topological polar surface area (TPSA) is 110 Å². The summed E-state index contributed by atoms with van der Waals surface area (Å²) < 4.78 is 0. The number of carbonyl (C=O) groups excluding carboxylic acids is 1. The highest BCUT2D eigenvalue weighted by molar-refractivity contribution is 5.85. The van der Waals surface area contributed by atoms with Gasteiger partial charge in [0.2, 0.25) is 5.91 Å². The summed E-state index contributed by atoms with van der Waals surface area (Å²) in [5.41, 5.74) is 5.81. The maximum Gasteiger partial charge on any atom is 0.292 e. The van der Waals surface area contributed by atoms with E-state index in [0.717, 1.165) is 0 Å². The number of nitrogens with zero attached hydrogens (tertiary/aromatic N) is 1. The van der Waals surface area contributed by atoms with E-state index < -0.39 is 11.0 Å². The number of hydrogen-bond acceptors (Lipinski definition) is 5. The SMILES string of the molecule is C[C@@H](N)C(=O)NCCNc1ccccc1[N+](=O)[O-].Cl. The molecule has 7 nitrogen and oxygen atoms in total. The van der Waals surface area contributed by atoms with Gasteiger partial charge in [-0.3, -0.25) is 14.9 Å². The molecule has 0 aromatic heterocycles. The Morgan fingerprint density at radius 3 is 2.63 bits per heavy atom. The number of hydrogen-bond donors (Lipinski definition) is 3. The third-order valence-corrected chi connectivity index (χ3v) is 2.25. The first-order valence-electron chi connectivity index (χ1n) is 5.53. The maximum atomic E-state index is 11.2. The van der Waals surface area contributed by atoms with Crippen molar-refractivity contribution in [2.45, 2.75) is 13.0 Å². The van der Waals surface area contributed by atoms with Crippen LogP contribution in [0.2, 0.25) is 0 Å². The molecule has 0 saturated carbocycles. The third-order valence-electron chi connectivity index (χ3n) is 2.25. The van der Waals surface area contributed by atoms with Gasteiger partial charge in [0.15, 0.2) is 0 Å². The van der Waals surface area contributed by atoms with Gasteiger partial charge in [-0.15, -0.1) is 12.4 Å². The summed E-state index contributed by atoms with van der Waals surface area (Å²) in [6, 6.07) is 5.78. The molecule has 0 aliphatic heterocycles. The zero-order chi connectivity index (χ0) is 13.5. The van der Waals surface area contributed by atoms with E-state index in [2.05, 4.69) is 10.6 Å². The highest BCUT2D eigenvalue weighted by Gasteiger charge is 2.11. The molecule has 0 spiro atoms. The Balaban J connectivity index is 0.00000324. The fourth-order valence-electron chi connectivity index (χ4n) is 1.33. The molecular weight excluding hydrogens is 272 g/mol. The van der Waals surface area contributed by atoms with Crippen LogP contribution >= 0.6 is 12.4 Å². The van der Waals surface area contributed by atoms with Gasteiger partial charge in [0.05, 0.1) is 11.0 Å². The van der Waals surface area contributed by atoms with Gasteiger partial charge in [-0.2, -0.15) is 0 Å². The van der Waals surface area contributed by atoms with Gasteiger partial charge in [-0.25, -0.2) is 0 Å². The van der Waals surface area contributed by atoms with Crippen LogP contribution < -0.4 is 16.4 Å². The van der Waals surface area contributed by atoms with Crippen LogP contribution in [0.3, 0.4) is 0 Å². The Labute approximate surface area is 117 Å². The van der Waals surface area contributed by atoms with Crippen molar-refractivity contribution in [2.75, 3.05) is 18.4 Å². The second kappa shape index (κ2) is 8.28. The molecule has 0 radical (unpaired) electrons. The van der Waals surface area contributed by atoms with Gasteiger partial charge < -0.3 is 16.4 Å². The molecule has 0 bridgehead atoms. The second-order valence-electron chi connectivity index (χ2n) is 3.78. The van der Waals surface area contributed by atoms with Gasteiger partial charge in [-0.1, -0.05) is 12.1 Å². The highest BCUT2D eigenvalue weighted by Crippen LogP contribution is 2.22. The average Bonchev–Trinajstić information content (AvgIpc) is 2.34. The van der Waals surface area contributed by atoms with E-state index in [9.17, 15) is 14.9 Å².